The fraction of sp³-hybridized carbons (Fsp3) is 0.462. The van der Waals surface area contributed by atoms with Gasteiger partial charge in [0.2, 0.25) is 10.0 Å². The lowest BCUT2D eigenvalue weighted by Gasteiger charge is -2.21. The zero-order valence-corrected chi connectivity index (χ0v) is 13.1. The molecule has 0 heterocycles. The van der Waals surface area contributed by atoms with Gasteiger partial charge in [-0.05, 0) is 37.5 Å². The predicted octanol–water partition coefficient (Wildman–Crippen LogP) is 1.60. The number of carbonyl (C=O) groups is 1. The van der Waals surface area contributed by atoms with Crippen molar-refractivity contribution in [2.45, 2.75) is 32.1 Å². The van der Waals surface area contributed by atoms with Crippen molar-refractivity contribution in [1.82, 2.24) is 4.90 Å². The number of halogens is 2. The molecule has 0 aliphatic carbocycles. The van der Waals surface area contributed by atoms with Crippen LogP contribution in [0, 0.1) is 20.8 Å². The number of amides is 1. The van der Waals surface area contributed by atoms with Crippen molar-refractivity contribution in [2.24, 2.45) is 5.14 Å². The Balaban J connectivity index is 3.48. The number of carbonyl (C=O) groups excluding carboxylic acids is 1. The number of rotatable bonds is 4. The molecule has 0 aliphatic heterocycles. The maximum absolute atomic E-state index is 12.4. The molecule has 0 saturated heterocycles. The van der Waals surface area contributed by atoms with Crippen LogP contribution < -0.4 is 5.14 Å². The fourth-order valence-corrected chi connectivity index (χ4v) is 3.45. The third kappa shape index (κ3) is 3.76. The van der Waals surface area contributed by atoms with E-state index in [2.05, 4.69) is 0 Å². The number of benzene rings is 1. The van der Waals surface area contributed by atoms with Crippen molar-refractivity contribution in [1.29, 1.82) is 0 Å². The Morgan fingerprint density at radius 2 is 1.81 bits per heavy atom. The maximum Gasteiger partial charge on any atom is 0.255 e. The van der Waals surface area contributed by atoms with E-state index in [1.54, 1.807) is 13.8 Å². The molecule has 1 rings (SSSR count). The minimum absolute atomic E-state index is 0.0905. The van der Waals surface area contributed by atoms with Crippen LogP contribution in [0.15, 0.2) is 11.0 Å². The van der Waals surface area contributed by atoms with Crippen molar-refractivity contribution in [3.8, 4) is 0 Å². The second kappa shape index (κ2) is 6.07. The lowest BCUT2D eigenvalue weighted by molar-refractivity contribution is 0.0618. The van der Waals surface area contributed by atoms with Crippen LogP contribution in [-0.2, 0) is 10.0 Å². The van der Waals surface area contributed by atoms with Gasteiger partial charge in [-0.3, -0.25) is 4.79 Å². The molecule has 0 fully saturated rings. The van der Waals surface area contributed by atoms with E-state index in [1.807, 2.05) is 0 Å². The SMILES string of the molecule is Cc1cc(C)c(S(N)(=O)=O)c(C)c1C(=O)N(C)CC(F)F. The van der Waals surface area contributed by atoms with Crippen LogP contribution in [0.3, 0.4) is 0 Å². The Kier molecular flexibility index (Phi) is 5.06. The van der Waals surface area contributed by atoms with Crippen LogP contribution in [-0.4, -0.2) is 39.2 Å². The molecule has 0 aliphatic rings. The molecule has 0 atom stereocenters. The van der Waals surface area contributed by atoms with Gasteiger partial charge >= 0.3 is 0 Å². The number of alkyl halides is 2. The molecule has 0 aromatic heterocycles. The summed E-state index contributed by atoms with van der Waals surface area (Å²) in [5.41, 5.74) is 1.21. The molecule has 8 heteroatoms. The zero-order valence-electron chi connectivity index (χ0n) is 12.3. The van der Waals surface area contributed by atoms with Crippen LogP contribution in [0.5, 0.6) is 0 Å². The second-order valence-corrected chi connectivity index (χ2v) is 6.46. The maximum atomic E-state index is 12.4. The smallest absolute Gasteiger partial charge is 0.255 e. The van der Waals surface area contributed by atoms with E-state index in [4.69, 9.17) is 5.14 Å². The molecular weight excluding hydrogens is 302 g/mol. The minimum Gasteiger partial charge on any atom is -0.336 e. The summed E-state index contributed by atoms with van der Waals surface area (Å²) >= 11 is 0. The van der Waals surface area contributed by atoms with Crippen molar-refractivity contribution in [3.63, 3.8) is 0 Å². The van der Waals surface area contributed by atoms with E-state index in [-0.39, 0.29) is 16.0 Å². The molecule has 118 valence electrons. The number of aryl methyl sites for hydroxylation is 2. The summed E-state index contributed by atoms with van der Waals surface area (Å²) in [6.07, 6.45) is -2.66. The summed E-state index contributed by atoms with van der Waals surface area (Å²) in [5.74, 6) is -0.657. The lowest BCUT2D eigenvalue weighted by Crippen LogP contribution is -2.33. The Bertz CT molecular complexity index is 672. The summed E-state index contributed by atoms with van der Waals surface area (Å²) in [4.78, 5) is 13.0. The summed E-state index contributed by atoms with van der Waals surface area (Å²) in [6.45, 7) is 3.91. The fourth-order valence-electron chi connectivity index (χ4n) is 2.42. The number of hydrogen-bond donors (Lipinski definition) is 1. The third-order valence-corrected chi connectivity index (χ3v) is 4.36. The van der Waals surface area contributed by atoms with E-state index < -0.39 is 28.9 Å². The van der Waals surface area contributed by atoms with Gasteiger partial charge in [-0.2, -0.15) is 0 Å². The Labute approximate surface area is 122 Å². The Hall–Kier alpha value is -1.54. The molecule has 0 unspecified atom stereocenters. The van der Waals surface area contributed by atoms with Gasteiger partial charge in [0, 0.05) is 12.6 Å². The van der Waals surface area contributed by atoms with E-state index in [9.17, 15) is 22.0 Å². The standard InChI is InChI=1S/C13H18F2N2O3S/c1-7-5-8(2)12(21(16,19)20)9(3)11(7)13(18)17(4)6-10(14)15/h5,10H,6H2,1-4H3,(H2,16,19,20). The summed E-state index contributed by atoms with van der Waals surface area (Å²) < 4.78 is 48.1. The monoisotopic (exact) mass is 320 g/mol. The van der Waals surface area contributed by atoms with Gasteiger partial charge in [0.1, 0.15) is 0 Å². The van der Waals surface area contributed by atoms with Gasteiger partial charge in [-0.15, -0.1) is 0 Å². The molecule has 0 saturated carbocycles. The first kappa shape index (κ1) is 17.5. The average molecular weight is 320 g/mol. The average Bonchev–Trinajstić information content (AvgIpc) is 2.24. The number of sulfonamides is 1. The molecule has 0 radical (unpaired) electrons. The minimum atomic E-state index is -4.00. The van der Waals surface area contributed by atoms with Crippen molar-refractivity contribution in [3.05, 3.63) is 28.3 Å². The number of hydrogen-bond acceptors (Lipinski definition) is 3. The molecule has 1 amide bonds. The van der Waals surface area contributed by atoms with Gasteiger partial charge in [-0.1, -0.05) is 6.07 Å². The van der Waals surface area contributed by atoms with Crippen LogP contribution in [0.2, 0.25) is 0 Å². The zero-order chi connectivity index (χ0) is 16.5. The first-order valence-corrected chi connectivity index (χ1v) is 7.68. The molecule has 5 nitrogen and oxygen atoms in total. The number of nitrogens with zero attached hydrogens (tertiary/aromatic N) is 1. The molecule has 0 spiro atoms. The Morgan fingerprint density at radius 3 is 2.24 bits per heavy atom. The van der Waals surface area contributed by atoms with Gasteiger partial charge in [0.05, 0.1) is 11.4 Å². The predicted molar refractivity (Wildman–Crippen MR) is 75.0 cm³/mol. The van der Waals surface area contributed by atoms with Gasteiger partial charge in [0.25, 0.3) is 12.3 Å². The number of primary sulfonamides is 1. The highest BCUT2D eigenvalue weighted by atomic mass is 32.2. The number of nitrogens with two attached hydrogens (primary N) is 1. The normalized spacial score (nSPS) is 11.8. The highest BCUT2D eigenvalue weighted by Gasteiger charge is 2.25. The molecule has 21 heavy (non-hydrogen) atoms. The quantitative estimate of drug-likeness (QED) is 0.915. The highest BCUT2D eigenvalue weighted by Crippen LogP contribution is 2.26. The van der Waals surface area contributed by atoms with Gasteiger partial charge < -0.3 is 4.90 Å². The largest absolute Gasteiger partial charge is 0.336 e. The van der Waals surface area contributed by atoms with E-state index >= 15 is 0 Å². The van der Waals surface area contributed by atoms with E-state index in [1.165, 1.54) is 20.0 Å². The molecule has 1 aromatic rings. The molecular formula is C13H18F2N2O3S. The highest BCUT2D eigenvalue weighted by molar-refractivity contribution is 7.89. The van der Waals surface area contributed by atoms with Crippen molar-refractivity contribution in [2.75, 3.05) is 13.6 Å². The van der Waals surface area contributed by atoms with Crippen molar-refractivity contribution < 1.29 is 22.0 Å². The molecule has 1 aromatic carbocycles. The topological polar surface area (TPSA) is 80.5 Å². The van der Waals surface area contributed by atoms with Crippen LogP contribution in [0.4, 0.5) is 8.78 Å². The lowest BCUT2D eigenvalue weighted by atomic mass is 9.98. The summed E-state index contributed by atoms with van der Waals surface area (Å²) in [6, 6.07) is 1.51. The first-order valence-electron chi connectivity index (χ1n) is 6.14. The van der Waals surface area contributed by atoms with Crippen molar-refractivity contribution >= 4 is 15.9 Å². The van der Waals surface area contributed by atoms with Gasteiger partial charge in [0.15, 0.2) is 0 Å². The van der Waals surface area contributed by atoms with Crippen LogP contribution in [0.25, 0.3) is 0 Å². The molecule has 2 N–H and O–H groups in total. The van der Waals surface area contributed by atoms with E-state index in [0.29, 0.717) is 11.1 Å². The van der Waals surface area contributed by atoms with Gasteiger partial charge in [-0.25, -0.2) is 22.3 Å². The molecule has 0 bridgehead atoms. The summed E-state index contributed by atoms with van der Waals surface area (Å²) in [7, 11) is -2.76. The summed E-state index contributed by atoms with van der Waals surface area (Å²) in [5, 5.41) is 5.16. The van der Waals surface area contributed by atoms with Crippen LogP contribution in [0.1, 0.15) is 27.0 Å². The van der Waals surface area contributed by atoms with E-state index in [0.717, 1.165) is 4.90 Å². The third-order valence-electron chi connectivity index (χ3n) is 3.16. The van der Waals surface area contributed by atoms with Crippen LogP contribution >= 0.6 is 0 Å². The Morgan fingerprint density at radius 1 is 1.29 bits per heavy atom. The second-order valence-electron chi connectivity index (χ2n) is 4.96. The first-order chi connectivity index (χ1) is 9.46.